The lowest BCUT2D eigenvalue weighted by Crippen LogP contribution is -2.42. The molecule has 25 heavy (non-hydrogen) atoms. The summed E-state index contributed by atoms with van der Waals surface area (Å²) in [7, 11) is 1.64. The van der Waals surface area contributed by atoms with Gasteiger partial charge in [-0.1, -0.05) is 12.1 Å². The third-order valence-corrected chi connectivity index (χ3v) is 4.87. The predicted octanol–water partition coefficient (Wildman–Crippen LogP) is 1.26. The summed E-state index contributed by atoms with van der Waals surface area (Å²) < 4.78 is 5.30. The number of hydrogen-bond donors (Lipinski definition) is 1. The van der Waals surface area contributed by atoms with Crippen LogP contribution in [0.2, 0.25) is 0 Å². The van der Waals surface area contributed by atoms with Gasteiger partial charge >= 0.3 is 0 Å². The smallest absolute Gasteiger partial charge is 0.251 e. The Morgan fingerprint density at radius 2 is 1.88 bits per heavy atom. The topological polar surface area (TPSA) is 61.9 Å². The Hall–Kier alpha value is -1.92. The molecule has 2 aliphatic rings. The summed E-state index contributed by atoms with van der Waals surface area (Å²) in [6.45, 7) is 4.34. The molecule has 0 atom stereocenters. The average molecular weight is 345 g/mol. The van der Waals surface area contributed by atoms with Gasteiger partial charge < -0.3 is 15.0 Å². The number of benzene rings is 1. The average Bonchev–Trinajstić information content (AvgIpc) is 3.50. The molecule has 1 aromatic carbocycles. The zero-order valence-electron chi connectivity index (χ0n) is 14.9. The van der Waals surface area contributed by atoms with E-state index in [4.69, 9.17) is 4.74 Å². The molecule has 0 bridgehead atoms. The van der Waals surface area contributed by atoms with Crippen molar-refractivity contribution in [2.45, 2.75) is 31.8 Å². The quantitative estimate of drug-likeness (QED) is 0.808. The molecule has 0 spiro atoms. The minimum atomic E-state index is -0.0679. The van der Waals surface area contributed by atoms with E-state index in [1.165, 1.54) is 18.4 Å². The van der Waals surface area contributed by atoms with E-state index in [0.29, 0.717) is 44.3 Å². The number of nitrogens with one attached hydrogen (secondary N) is 1. The monoisotopic (exact) mass is 345 g/mol. The molecule has 136 valence electrons. The van der Waals surface area contributed by atoms with Crippen LogP contribution >= 0.6 is 0 Å². The summed E-state index contributed by atoms with van der Waals surface area (Å²) >= 11 is 0. The van der Waals surface area contributed by atoms with Crippen molar-refractivity contribution in [2.75, 3.05) is 39.9 Å². The van der Waals surface area contributed by atoms with Crippen LogP contribution in [0.3, 0.4) is 0 Å². The largest absolute Gasteiger partial charge is 0.378 e. The van der Waals surface area contributed by atoms with Crippen LogP contribution in [0, 0.1) is 0 Å². The Bertz CT molecular complexity index is 592. The molecular formula is C19H27N3O3. The van der Waals surface area contributed by atoms with Crippen LogP contribution in [0.5, 0.6) is 0 Å². The highest BCUT2D eigenvalue weighted by molar-refractivity contribution is 5.93. The van der Waals surface area contributed by atoms with E-state index in [1.807, 2.05) is 29.2 Å². The Balaban J connectivity index is 1.53. The fraction of sp³-hybridized carbons (Fsp3) is 0.579. The Kier molecular flexibility index (Phi) is 6.04. The second kappa shape index (κ2) is 8.45. The lowest BCUT2D eigenvalue weighted by molar-refractivity contribution is -0.135. The molecule has 2 amide bonds. The van der Waals surface area contributed by atoms with Crippen LogP contribution in [0.4, 0.5) is 0 Å². The minimum absolute atomic E-state index is 0.0679. The SMILES string of the molecule is CNC(=O)c1ccc(CN(CCC(=O)N2CCOCC2)C2CC2)cc1. The Morgan fingerprint density at radius 1 is 1.20 bits per heavy atom. The van der Waals surface area contributed by atoms with Crippen molar-refractivity contribution in [3.8, 4) is 0 Å². The van der Waals surface area contributed by atoms with Gasteiger partial charge in [-0.25, -0.2) is 0 Å². The molecule has 1 aliphatic carbocycles. The summed E-state index contributed by atoms with van der Waals surface area (Å²) in [6, 6.07) is 8.32. The first-order chi connectivity index (χ1) is 12.2. The van der Waals surface area contributed by atoms with E-state index >= 15 is 0 Å². The maximum absolute atomic E-state index is 12.3. The van der Waals surface area contributed by atoms with Gasteiger partial charge in [-0.15, -0.1) is 0 Å². The minimum Gasteiger partial charge on any atom is -0.378 e. The number of morpholine rings is 1. The number of amides is 2. The van der Waals surface area contributed by atoms with E-state index in [-0.39, 0.29) is 11.8 Å². The number of carbonyl (C=O) groups excluding carboxylic acids is 2. The van der Waals surface area contributed by atoms with Gasteiger partial charge in [0.25, 0.3) is 5.91 Å². The van der Waals surface area contributed by atoms with E-state index in [0.717, 1.165) is 13.1 Å². The summed E-state index contributed by atoms with van der Waals surface area (Å²) in [6.07, 6.45) is 2.98. The predicted molar refractivity (Wildman–Crippen MR) is 95.3 cm³/mol. The van der Waals surface area contributed by atoms with E-state index in [9.17, 15) is 9.59 Å². The maximum Gasteiger partial charge on any atom is 0.251 e. The second-order valence-electron chi connectivity index (χ2n) is 6.72. The van der Waals surface area contributed by atoms with Gasteiger partial charge in [-0.05, 0) is 30.5 Å². The van der Waals surface area contributed by atoms with Crippen LogP contribution in [-0.2, 0) is 16.1 Å². The molecule has 6 nitrogen and oxygen atoms in total. The van der Waals surface area contributed by atoms with Crippen molar-refractivity contribution in [3.63, 3.8) is 0 Å². The van der Waals surface area contributed by atoms with Crippen molar-refractivity contribution in [1.82, 2.24) is 15.1 Å². The molecular weight excluding hydrogens is 318 g/mol. The lowest BCUT2D eigenvalue weighted by Gasteiger charge is -2.28. The Labute approximate surface area is 149 Å². The van der Waals surface area contributed by atoms with Crippen molar-refractivity contribution >= 4 is 11.8 Å². The molecule has 3 rings (SSSR count). The van der Waals surface area contributed by atoms with Crippen molar-refractivity contribution in [1.29, 1.82) is 0 Å². The fourth-order valence-corrected chi connectivity index (χ4v) is 3.18. The molecule has 0 unspecified atom stereocenters. The highest BCUT2D eigenvalue weighted by atomic mass is 16.5. The number of nitrogens with zero attached hydrogens (tertiary/aromatic N) is 2. The third kappa shape index (κ3) is 5.03. The molecule has 1 aliphatic heterocycles. The normalized spacial score (nSPS) is 17.6. The first kappa shape index (κ1) is 17.9. The van der Waals surface area contributed by atoms with Crippen LogP contribution in [0.15, 0.2) is 24.3 Å². The van der Waals surface area contributed by atoms with Gasteiger partial charge in [0.2, 0.25) is 5.91 Å². The highest BCUT2D eigenvalue weighted by Gasteiger charge is 2.29. The molecule has 1 N–H and O–H groups in total. The molecule has 1 saturated carbocycles. The van der Waals surface area contributed by atoms with Crippen molar-refractivity contribution < 1.29 is 14.3 Å². The highest BCUT2D eigenvalue weighted by Crippen LogP contribution is 2.28. The number of rotatable bonds is 7. The molecule has 2 fully saturated rings. The number of carbonyl (C=O) groups is 2. The van der Waals surface area contributed by atoms with E-state index < -0.39 is 0 Å². The van der Waals surface area contributed by atoms with Gasteiger partial charge in [-0.3, -0.25) is 14.5 Å². The second-order valence-corrected chi connectivity index (χ2v) is 6.72. The molecule has 0 radical (unpaired) electrons. The van der Waals surface area contributed by atoms with Gasteiger partial charge in [0, 0.05) is 51.3 Å². The Morgan fingerprint density at radius 3 is 2.48 bits per heavy atom. The van der Waals surface area contributed by atoms with Gasteiger partial charge in [0.1, 0.15) is 0 Å². The van der Waals surface area contributed by atoms with Crippen LogP contribution in [-0.4, -0.2) is 67.6 Å². The molecule has 1 saturated heterocycles. The van der Waals surface area contributed by atoms with Gasteiger partial charge in [0.05, 0.1) is 13.2 Å². The molecule has 0 aromatic heterocycles. The van der Waals surface area contributed by atoms with E-state index in [1.54, 1.807) is 7.05 Å². The summed E-state index contributed by atoms with van der Waals surface area (Å²) in [5.41, 5.74) is 1.85. The van der Waals surface area contributed by atoms with Crippen LogP contribution < -0.4 is 5.32 Å². The molecule has 6 heteroatoms. The molecule has 1 aromatic rings. The zero-order valence-corrected chi connectivity index (χ0v) is 14.9. The van der Waals surface area contributed by atoms with Gasteiger partial charge in [0.15, 0.2) is 0 Å². The third-order valence-electron chi connectivity index (χ3n) is 4.87. The van der Waals surface area contributed by atoms with Crippen LogP contribution in [0.1, 0.15) is 35.2 Å². The summed E-state index contributed by atoms with van der Waals surface area (Å²) in [4.78, 5) is 28.3. The van der Waals surface area contributed by atoms with Crippen molar-refractivity contribution in [2.24, 2.45) is 0 Å². The number of hydrogen-bond acceptors (Lipinski definition) is 4. The number of ether oxygens (including phenoxy) is 1. The summed E-state index contributed by atoms with van der Waals surface area (Å²) in [5.74, 6) is 0.158. The van der Waals surface area contributed by atoms with E-state index in [2.05, 4.69) is 10.2 Å². The first-order valence-electron chi connectivity index (χ1n) is 9.08. The standard InChI is InChI=1S/C19H27N3O3/c1-20-19(24)16-4-2-15(3-5-16)14-22(17-6-7-17)9-8-18(23)21-10-12-25-13-11-21/h2-5,17H,6-14H2,1H3,(H,20,24). The van der Waals surface area contributed by atoms with Gasteiger partial charge in [-0.2, -0.15) is 0 Å². The molecule has 1 heterocycles. The zero-order chi connectivity index (χ0) is 17.6. The fourth-order valence-electron chi connectivity index (χ4n) is 3.18. The first-order valence-corrected chi connectivity index (χ1v) is 9.08. The maximum atomic E-state index is 12.3. The summed E-state index contributed by atoms with van der Waals surface area (Å²) in [5, 5.41) is 2.63. The van der Waals surface area contributed by atoms with Crippen molar-refractivity contribution in [3.05, 3.63) is 35.4 Å². The van der Waals surface area contributed by atoms with Crippen LogP contribution in [0.25, 0.3) is 0 Å². The lowest BCUT2D eigenvalue weighted by atomic mass is 10.1.